The second-order valence-corrected chi connectivity index (χ2v) is 6.09. The Bertz CT molecular complexity index is 543. The molecule has 0 aliphatic carbocycles. The van der Waals surface area contributed by atoms with Gasteiger partial charge >= 0.3 is 0 Å². The van der Waals surface area contributed by atoms with Crippen LogP contribution in [-0.2, 0) is 9.59 Å². The number of hydrogen-bond donors (Lipinski definition) is 2. The predicted octanol–water partition coefficient (Wildman–Crippen LogP) is 3.04. The molecule has 2 unspecified atom stereocenters. The molecule has 0 aliphatic heterocycles. The number of hydrazine groups is 1. The third-order valence-electron chi connectivity index (χ3n) is 3.87. The zero-order valence-corrected chi connectivity index (χ0v) is 14.7. The number of carbonyl (C=O) groups excluding carboxylic acids is 2. The van der Waals surface area contributed by atoms with Gasteiger partial charge in [-0.15, -0.1) is 0 Å². The van der Waals surface area contributed by atoms with E-state index in [1.54, 1.807) is 6.92 Å². The molecule has 0 bridgehead atoms. The summed E-state index contributed by atoms with van der Waals surface area (Å²) in [5.41, 5.74) is 6.98. The fraction of sp³-hybridized carbons (Fsp3) is 0.556. The van der Waals surface area contributed by atoms with Crippen LogP contribution < -0.4 is 15.6 Å². The zero-order valence-electron chi connectivity index (χ0n) is 14.7. The van der Waals surface area contributed by atoms with Crippen molar-refractivity contribution in [2.24, 2.45) is 5.92 Å². The Hall–Kier alpha value is -2.04. The summed E-state index contributed by atoms with van der Waals surface area (Å²) in [5.74, 6) is 0.428. The van der Waals surface area contributed by atoms with E-state index >= 15 is 0 Å². The molecule has 1 aromatic rings. The molecule has 0 heterocycles. The molecule has 0 aromatic heterocycles. The molecule has 2 amide bonds. The van der Waals surface area contributed by atoms with Gasteiger partial charge < -0.3 is 4.74 Å². The maximum Gasteiger partial charge on any atom is 0.279 e. The van der Waals surface area contributed by atoms with E-state index in [-0.39, 0.29) is 11.8 Å². The van der Waals surface area contributed by atoms with Crippen molar-refractivity contribution in [3.63, 3.8) is 0 Å². The molecular weight excluding hydrogens is 292 g/mol. The highest BCUT2D eigenvalue weighted by Crippen LogP contribution is 2.21. The molecule has 0 saturated heterocycles. The fourth-order valence-corrected chi connectivity index (χ4v) is 2.29. The van der Waals surface area contributed by atoms with E-state index < -0.39 is 6.10 Å². The first-order valence-corrected chi connectivity index (χ1v) is 8.16. The molecule has 2 atom stereocenters. The van der Waals surface area contributed by atoms with Gasteiger partial charge in [-0.05, 0) is 43.9 Å². The van der Waals surface area contributed by atoms with Gasteiger partial charge in [0.05, 0.1) is 0 Å². The van der Waals surface area contributed by atoms with Crippen LogP contribution in [0.2, 0.25) is 0 Å². The number of nitrogens with one attached hydrogen (secondary N) is 2. The van der Waals surface area contributed by atoms with E-state index in [2.05, 4.69) is 17.8 Å². The van der Waals surface area contributed by atoms with Crippen molar-refractivity contribution < 1.29 is 14.3 Å². The second kappa shape index (κ2) is 9.18. The van der Waals surface area contributed by atoms with Crippen LogP contribution in [0.15, 0.2) is 18.2 Å². The van der Waals surface area contributed by atoms with E-state index in [9.17, 15) is 9.59 Å². The normalized spacial score (nSPS) is 13.1. The van der Waals surface area contributed by atoms with E-state index in [1.807, 2.05) is 39.0 Å². The molecule has 0 radical (unpaired) electrons. The molecule has 2 N–H and O–H groups in total. The Labute approximate surface area is 138 Å². The van der Waals surface area contributed by atoms with Crippen LogP contribution in [0.4, 0.5) is 0 Å². The minimum Gasteiger partial charge on any atom is -0.481 e. The number of rotatable bonds is 7. The van der Waals surface area contributed by atoms with Crippen LogP contribution in [0.3, 0.4) is 0 Å². The largest absolute Gasteiger partial charge is 0.481 e. The summed E-state index contributed by atoms with van der Waals surface area (Å²) in [4.78, 5) is 23.8. The Balaban J connectivity index is 2.45. The average Bonchev–Trinajstić information content (AvgIpc) is 2.49. The lowest BCUT2D eigenvalue weighted by atomic mass is 10.0. The number of amides is 2. The van der Waals surface area contributed by atoms with Crippen molar-refractivity contribution in [2.45, 2.75) is 60.0 Å². The first kappa shape index (κ1) is 19.0. The Morgan fingerprint density at radius 2 is 1.87 bits per heavy atom. The monoisotopic (exact) mass is 320 g/mol. The lowest BCUT2D eigenvalue weighted by molar-refractivity contribution is -0.133. The van der Waals surface area contributed by atoms with Crippen LogP contribution >= 0.6 is 0 Å². The Morgan fingerprint density at radius 1 is 1.17 bits per heavy atom. The van der Waals surface area contributed by atoms with E-state index in [4.69, 9.17) is 4.74 Å². The van der Waals surface area contributed by atoms with Crippen LogP contribution in [0.1, 0.15) is 51.2 Å². The van der Waals surface area contributed by atoms with Crippen molar-refractivity contribution >= 4 is 11.8 Å². The number of carbonyl (C=O) groups is 2. The highest BCUT2D eigenvalue weighted by atomic mass is 16.5. The SMILES string of the molecule is CCCC(C)CC(=O)NNC(=O)C(C)Oc1cccc(C)c1C. The highest BCUT2D eigenvalue weighted by Gasteiger charge is 2.17. The van der Waals surface area contributed by atoms with E-state index in [0.717, 1.165) is 24.0 Å². The standard InChI is InChI=1S/C18H28N2O3/c1-6-8-12(2)11-17(21)19-20-18(22)15(5)23-16-10-7-9-13(3)14(16)4/h7,9-10,12,15H,6,8,11H2,1-5H3,(H,19,21)(H,20,22). The van der Waals surface area contributed by atoms with Gasteiger partial charge in [0.25, 0.3) is 5.91 Å². The summed E-state index contributed by atoms with van der Waals surface area (Å²) in [5, 5.41) is 0. The quantitative estimate of drug-likeness (QED) is 0.759. The van der Waals surface area contributed by atoms with Crippen LogP contribution in [0.5, 0.6) is 5.75 Å². The van der Waals surface area contributed by atoms with Gasteiger partial charge in [0, 0.05) is 6.42 Å². The van der Waals surface area contributed by atoms with Gasteiger partial charge in [-0.25, -0.2) is 0 Å². The molecule has 0 saturated carbocycles. The topological polar surface area (TPSA) is 67.4 Å². The number of benzene rings is 1. The third-order valence-corrected chi connectivity index (χ3v) is 3.87. The van der Waals surface area contributed by atoms with Gasteiger partial charge in [0.1, 0.15) is 5.75 Å². The lowest BCUT2D eigenvalue weighted by Gasteiger charge is -2.17. The maximum absolute atomic E-state index is 12.0. The number of ether oxygens (including phenoxy) is 1. The van der Waals surface area contributed by atoms with Crippen molar-refractivity contribution in [1.29, 1.82) is 0 Å². The smallest absolute Gasteiger partial charge is 0.279 e. The van der Waals surface area contributed by atoms with E-state index in [0.29, 0.717) is 18.1 Å². The maximum atomic E-state index is 12.0. The molecule has 5 nitrogen and oxygen atoms in total. The number of hydrogen-bond acceptors (Lipinski definition) is 3. The van der Waals surface area contributed by atoms with Crippen LogP contribution in [-0.4, -0.2) is 17.9 Å². The first-order chi connectivity index (χ1) is 10.8. The minimum atomic E-state index is -0.691. The zero-order chi connectivity index (χ0) is 17.4. The molecule has 23 heavy (non-hydrogen) atoms. The molecule has 128 valence electrons. The number of aryl methyl sites for hydroxylation is 1. The average molecular weight is 320 g/mol. The molecule has 0 spiro atoms. The Kier molecular flexibility index (Phi) is 7.59. The molecule has 0 aliphatic rings. The van der Waals surface area contributed by atoms with Crippen molar-refractivity contribution in [3.8, 4) is 5.75 Å². The summed E-state index contributed by atoms with van der Waals surface area (Å²) in [6, 6.07) is 5.71. The summed E-state index contributed by atoms with van der Waals surface area (Å²) < 4.78 is 5.68. The van der Waals surface area contributed by atoms with Gasteiger partial charge in [0.15, 0.2) is 6.10 Å². The summed E-state index contributed by atoms with van der Waals surface area (Å²) >= 11 is 0. The van der Waals surface area contributed by atoms with Gasteiger partial charge in [0.2, 0.25) is 5.91 Å². The van der Waals surface area contributed by atoms with Gasteiger partial charge in [-0.2, -0.15) is 0 Å². The lowest BCUT2D eigenvalue weighted by Crippen LogP contribution is -2.47. The molecule has 1 rings (SSSR count). The molecule has 5 heteroatoms. The molecule has 0 fully saturated rings. The predicted molar refractivity (Wildman–Crippen MR) is 91.0 cm³/mol. The minimum absolute atomic E-state index is 0.182. The van der Waals surface area contributed by atoms with Crippen molar-refractivity contribution in [2.75, 3.05) is 0 Å². The highest BCUT2D eigenvalue weighted by molar-refractivity contribution is 5.84. The van der Waals surface area contributed by atoms with Crippen LogP contribution in [0.25, 0.3) is 0 Å². The first-order valence-electron chi connectivity index (χ1n) is 8.16. The van der Waals surface area contributed by atoms with E-state index in [1.165, 1.54) is 0 Å². The summed E-state index contributed by atoms with van der Waals surface area (Å²) in [6.07, 6.45) is 1.75. The van der Waals surface area contributed by atoms with Crippen molar-refractivity contribution in [3.05, 3.63) is 29.3 Å². The van der Waals surface area contributed by atoms with Gasteiger partial charge in [-0.1, -0.05) is 38.8 Å². The molecular formula is C18H28N2O3. The van der Waals surface area contributed by atoms with Crippen LogP contribution in [0, 0.1) is 19.8 Å². The Morgan fingerprint density at radius 3 is 2.52 bits per heavy atom. The van der Waals surface area contributed by atoms with Gasteiger partial charge in [-0.3, -0.25) is 20.4 Å². The summed E-state index contributed by atoms with van der Waals surface area (Å²) in [6.45, 7) is 9.71. The summed E-state index contributed by atoms with van der Waals surface area (Å²) in [7, 11) is 0. The third kappa shape index (κ3) is 6.30. The van der Waals surface area contributed by atoms with Crippen molar-refractivity contribution in [1.82, 2.24) is 10.9 Å². The fourth-order valence-electron chi connectivity index (χ4n) is 2.29. The second-order valence-electron chi connectivity index (χ2n) is 6.09. The molecule has 1 aromatic carbocycles.